The van der Waals surface area contributed by atoms with Crippen molar-refractivity contribution in [2.24, 2.45) is 0 Å². The van der Waals surface area contributed by atoms with Gasteiger partial charge in [0.1, 0.15) is 18.0 Å². The Labute approximate surface area is 131 Å². The molecular weight excluding hydrogens is 333 g/mol. The van der Waals surface area contributed by atoms with E-state index in [0.29, 0.717) is 6.07 Å². The van der Waals surface area contributed by atoms with E-state index in [9.17, 15) is 28.1 Å². The molecule has 2 aromatic rings. The lowest BCUT2D eigenvalue weighted by Gasteiger charge is -2.14. The third-order valence-electron chi connectivity index (χ3n) is 3.00. The molecule has 0 saturated carbocycles. The largest absolute Gasteiger partial charge is 0.465 e. The Morgan fingerprint density at radius 1 is 1.46 bits per heavy atom. The van der Waals surface area contributed by atoms with Crippen LogP contribution in [0.2, 0.25) is 0 Å². The maximum absolute atomic E-state index is 13.2. The van der Waals surface area contributed by atoms with E-state index in [1.807, 2.05) is 0 Å². The highest BCUT2D eigenvalue weighted by Gasteiger charge is 2.38. The van der Waals surface area contributed by atoms with Crippen molar-refractivity contribution in [3.63, 3.8) is 0 Å². The molecule has 24 heavy (non-hydrogen) atoms. The van der Waals surface area contributed by atoms with Gasteiger partial charge in [0.15, 0.2) is 5.69 Å². The molecule has 0 N–H and O–H groups in total. The Morgan fingerprint density at radius 3 is 2.58 bits per heavy atom. The number of nitriles is 1. The van der Waals surface area contributed by atoms with E-state index in [4.69, 9.17) is 5.26 Å². The normalized spacial score (nSPS) is 11.0. The minimum Gasteiger partial charge on any atom is -0.465 e. The van der Waals surface area contributed by atoms with Crippen molar-refractivity contribution in [2.75, 3.05) is 7.11 Å². The number of nitro groups is 1. The standard InChI is InChI=1S/C13H7F3N4O4/c1-24-12(21)8-2-11(19-5-7(4-17)18-6-19)9(13(14,15)16)3-10(8)20(22)23/h2-3,5-6H,1H3. The Hall–Kier alpha value is -3.42. The molecule has 8 nitrogen and oxygen atoms in total. The Kier molecular flexibility index (Phi) is 4.23. The van der Waals surface area contributed by atoms with Crippen LogP contribution in [0.4, 0.5) is 18.9 Å². The highest BCUT2D eigenvalue weighted by Crippen LogP contribution is 2.38. The van der Waals surface area contributed by atoms with Gasteiger partial charge in [-0.05, 0) is 6.07 Å². The van der Waals surface area contributed by atoms with E-state index in [0.717, 1.165) is 24.2 Å². The van der Waals surface area contributed by atoms with Crippen LogP contribution in [0, 0.1) is 21.4 Å². The highest BCUT2D eigenvalue weighted by atomic mass is 19.4. The zero-order valence-electron chi connectivity index (χ0n) is 11.9. The number of carbonyl (C=O) groups is 1. The van der Waals surface area contributed by atoms with Crippen LogP contribution in [0.5, 0.6) is 0 Å². The van der Waals surface area contributed by atoms with Gasteiger partial charge in [0, 0.05) is 12.3 Å². The predicted octanol–water partition coefficient (Wildman–Crippen LogP) is 2.46. The average Bonchev–Trinajstić information content (AvgIpc) is 3.00. The van der Waals surface area contributed by atoms with Crippen molar-refractivity contribution in [2.45, 2.75) is 6.18 Å². The van der Waals surface area contributed by atoms with Gasteiger partial charge in [0.25, 0.3) is 5.69 Å². The summed E-state index contributed by atoms with van der Waals surface area (Å²) in [6.45, 7) is 0. The van der Waals surface area contributed by atoms with Crippen LogP contribution >= 0.6 is 0 Å². The Bertz CT molecular complexity index is 867. The highest BCUT2D eigenvalue weighted by molar-refractivity contribution is 5.95. The van der Waals surface area contributed by atoms with Crippen molar-refractivity contribution in [1.29, 1.82) is 5.26 Å². The molecule has 0 amide bonds. The van der Waals surface area contributed by atoms with Crippen LogP contribution in [0.3, 0.4) is 0 Å². The maximum Gasteiger partial charge on any atom is 0.418 e. The summed E-state index contributed by atoms with van der Waals surface area (Å²) in [5, 5.41) is 19.7. The quantitative estimate of drug-likeness (QED) is 0.482. The van der Waals surface area contributed by atoms with Crippen LogP contribution in [0.1, 0.15) is 21.6 Å². The van der Waals surface area contributed by atoms with Gasteiger partial charge < -0.3 is 9.30 Å². The SMILES string of the molecule is COC(=O)c1cc(-n2cnc(C#N)c2)c(C(F)(F)F)cc1[N+](=O)[O-]. The summed E-state index contributed by atoms with van der Waals surface area (Å²) in [6, 6.07) is 2.56. The predicted molar refractivity (Wildman–Crippen MR) is 71.3 cm³/mol. The molecule has 0 aliphatic carbocycles. The topological polar surface area (TPSA) is 111 Å². The number of hydrogen-bond acceptors (Lipinski definition) is 6. The van der Waals surface area contributed by atoms with Crippen molar-refractivity contribution < 1.29 is 27.6 Å². The number of imidazole rings is 1. The van der Waals surface area contributed by atoms with Gasteiger partial charge in [-0.25, -0.2) is 9.78 Å². The molecule has 0 aliphatic heterocycles. The first-order valence-electron chi connectivity index (χ1n) is 6.11. The first-order chi connectivity index (χ1) is 11.2. The molecule has 0 spiro atoms. The summed E-state index contributed by atoms with van der Waals surface area (Å²) in [6.07, 6.45) is -3.01. The van der Waals surface area contributed by atoms with Crippen LogP contribution in [-0.4, -0.2) is 27.6 Å². The van der Waals surface area contributed by atoms with Crippen LogP contribution in [0.25, 0.3) is 5.69 Å². The number of benzene rings is 1. The Morgan fingerprint density at radius 2 is 2.12 bits per heavy atom. The lowest BCUT2D eigenvalue weighted by Crippen LogP contribution is -2.14. The molecule has 124 valence electrons. The number of aromatic nitrogens is 2. The van der Waals surface area contributed by atoms with Crippen LogP contribution in [0.15, 0.2) is 24.7 Å². The average molecular weight is 340 g/mol. The fourth-order valence-electron chi connectivity index (χ4n) is 1.95. The summed E-state index contributed by atoms with van der Waals surface area (Å²) in [5.41, 5.74) is -3.82. The van der Waals surface area contributed by atoms with Crippen LogP contribution < -0.4 is 0 Å². The molecule has 1 aromatic heterocycles. The minimum atomic E-state index is -4.94. The number of ether oxygens (including phenoxy) is 1. The summed E-state index contributed by atoms with van der Waals surface area (Å²) in [7, 11) is 0.939. The van der Waals surface area contributed by atoms with E-state index in [2.05, 4.69) is 9.72 Å². The number of nitro benzene ring substituents is 1. The van der Waals surface area contributed by atoms with Crippen molar-refractivity contribution in [1.82, 2.24) is 9.55 Å². The summed E-state index contributed by atoms with van der Waals surface area (Å²) in [4.78, 5) is 25.1. The zero-order chi connectivity index (χ0) is 18.1. The molecule has 0 bridgehead atoms. The second-order valence-corrected chi connectivity index (χ2v) is 4.41. The monoisotopic (exact) mass is 340 g/mol. The van der Waals surface area contributed by atoms with Gasteiger partial charge in [-0.2, -0.15) is 18.4 Å². The second-order valence-electron chi connectivity index (χ2n) is 4.41. The minimum absolute atomic E-state index is 0.166. The first kappa shape index (κ1) is 16.9. The van der Waals surface area contributed by atoms with E-state index in [1.165, 1.54) is 0 Å². The van der Waals surface area contributed by atoms with Gasteiger partial charge in [-0.1, -0.05) is 0 Å². The fraction of sp³-hybridized carbons (Fsp3) is 0.154. The number of hydrogen-bond donors (Lipinski definition) is 0. The third kappa shape index (κ3) is 3.02. The molecule has 0 aliphatic rings. The van der Waals surface area contributed by atoms with Crippen molar-refractivity contribution in [3.8, 4) is 11.8 Å². The Balaban J connectivity index is 2.83. The molecule has 1 heterocycles. The van der Waals surface area contributed by atoms with Crippen LogP contribution in [-0.2, 0) is 10.9 Å². The van der Waals surface area contributed by atoms with Gasteiger partial charge in [-0.3, -0.25) is 10.1 Å². The lowest BCUT2D eigenvalue weighted by atomic mass is 10.1. The summed E-state index contributed by atoms with van der Waals surface area (Å²) >= 11 is 0. The number of halogens is 3. The van der Waals surface area contributed by atoms with E-state index in [-0.39, 0.29) is 11.8 Å². The van der Waals surface area contributed by atoms with Crippen molar-refractivity contribution in [3.05, 3.63) is 51.6 Å². The number of carbonyl (C=O) groups excluding carboxylic acids is 1. The second kappa shape index (κ2) is 5.99. The molecule has 0 unspecified atom stereocenters. The lowest BCUT2D eigenvalue weighted by molar-refractivity contribution is -0.385. The number of esters is 1. The third-order valence-corrected chi connectivity index (χ3v) is 3.00. The van der Waals surface area contributed by atoms with Gasteiger partial charge in [0.2, 0.25) is 0 Å². The molecular formula is C13H7F3N4O4. The number of alkyl halides is 3. The smallest absolute Gasteiger partial charge is 0.418 e. The first-order valence-corrected chi connectivity index (χ1v) is 6.11. The zero-order valence-corrected chi connectivity index (χ0v) is 11.9. The van der Waals surface area contributed by atoms with E-state index < -0.39 is 39.6 Å². The molecule has 11 heteroatoms. The van der Waals surface area contributed by atoms with E-state index >= 15 is 0 Å². The molecule has 0 atom stereocenters. The molecule has 0 fully saturated rings. The number of methoxy groups -OCH3 is 1. The summed E-state index contributed by atoms with van der Waals surface area (Å²) < 4.78 is 44.9. The van der Waals surface area contributed by atoms with Crippen molar-refractivity contribution >= 4 is 11.7 Å². The molecule has 0 saturated heterocycles. The van der Waals surface area contributed by atoms with Gasteiger partial charge in [-0.15, -0.1) is 0 Å². The van der Waals surface area contributed by atoms with E-state index in [1.54, 1.807) is 6.07 Å². The molecule has 0 radical (unpaired) electrons. The molecule has 1 aromatic carbocycles. The number of rotatable bonds is 3. The fourth-order valence-corrected chi connectivity index (χ4v) is 1.95. The molecule has 2 rings (SSSR count). The van der Waals surface area contributed by atoms with Gasteiger partial charge in [0.05, 0.1) is 23.3 Å². The maximum atomic E-state index is 13.2. The summed E-state index contributed by atoms with van der Waals surface area (Å²) in [5.74, 6) is -1.17. The number of nitrogens with zero attached hydrogens (tertiary/aromatic N) is 4. The van der Waals surface area contributed by atoms with Gasteiger partial charge >= 0.3 is 12.1 Å².